The summed E-state index contributed by atoms with van der Waals surface area (Å²) in [7, 11) is -3.49. The minimum Gasteiger partial charge on any atom is -0.207 e. The number of para-hydroxylation sites is 1. The molecule has 0 radical (unpaired) electrons. The molecule has 114 valence electrons. The van der Waals surface area contributed by atoms with E-state index in [0.717, 1.165) is 16.8 Å². The Bertz CT molecular complexity index is 811. The van der Waals surface area contributed by atoms with Crippen LogP contribution in [-0.4, -0.2) is 37.1 Å². The summed E-state index contributed by atoms with van der Waals surface area (Å²) in [5, 5.41) is 0. The lowest BCUT2D eigenvalue weighted by molar-refractivity contribution is -0.429. The van der Waals surface area contributed by atoms with E-state index in [0.29, 0.717) is 24.5 Å². The minimum atomic E-state index is -3.49. The van der Waals surface area contributed by atoms with Crippen LogP contribution < -0.4 is 0 Å². The molecule has 1 aliphatic heterocycles. The Morgan fingerprint density at radius 2 is 1.77 bits per heavy atom. The van der Waals surface area contributed by atoms with E-state index in [4.69, 9.17) is 0 Å². The third-order valence-corrected chi connectivity index (χ3v) is 5.82. The van der Waals surface area contributed by atoms with E-state index >= 15 is 0 Å². The maximum Gasteiger partial charge on any atom is 0.243 e. The second-order valence-corrected chi connectivity index (χ2v) is 7.48. The quantitative estimate of drug-likeness (QED) is 0.799. The molecule has 0 saturated heterocycles. The molecule has 1 aliphatic rings. The average molecular weight is 315 g/mol. The first kappa shape index (κ1) is 14.9. The van der Waals surface area contributed by atoms with Crippen LogP contribution in [0.4, 0.5) is 5.69 Å². The van der Waals surface area contributed by atoms with E-state index in [1.165, 1.54) is 4.31 Å². The minimum absolute atomic E-state index is 0.341. The molecule has 5 heteroatoms. The van der Waals surface area contributed by atoms with Crippen molar-refractivity contribution in [3.05, 3.63) is 59.7 Å². The first-order chi connectivity index (χ1) is 10.5. The molecule has 1 heterocycles. The Kier molecular flexibility index (Phi) is 3.85. The number of rotatable bonds is 2. The van der Waals surface area contributed by atoms with Gasteiger partial charge in [0.1, 0.15) is 6.72 Å². The van der Waals surface area contributed by atoms with Gasteiger partial charge in [-0.15, -0.1) is 0 Å². The zero-order valence-electron chi connectivity index (χ0n) is 12.6. The predicted molar refractivity (Wildman–Crippen MR) is 87.1 cm³/mol. The third kappa shape index (κ3) is 2.69. The highest BCUT2D eigenvalue weighted by atomic mass is 32.2. The van der Waals surface area contributed by atoms with E-state index in [1.54, 1.807) is 12.1 Å². The highest BCUT2D eigenvalue weighted by Gasteiger charge is 2.30. The number of nitrogens with zero attached hydrogens (tertiary/aromatic N) is 2. The lowest BCUT2D eigenvalue weighted by Crippen LogP contribution is -2.32. The van der Waals surface area contributed by atoms with Gasteiger partial charge in [-0.05, 0) is 19.1 Å². The van der Waals surface area contributed by atoms with E-state index in [9.17, 15) is 8.42 Å². The molecule has 22 heavy (non-hydrogen) atoms. The van der Waals surface area contributed by atoms with Crippen LogP contribution in [-0.2, 0) is 16.6 Å². The summed E-state index contributed by atoms with van der Waals surface area (Å²) in [5.74, 6) is 0. The van der Waals surface area contributed by atoms with Crippen LogP contribution in [0.1, 0.15) is 11.1 Å². The Hall–Kier alpha value is -1.98. The lowest BCUT2D eigenvalue weighted by atomic mass is 10.2. The van der Waals surface area contributed by atoms with E-state index in [-0.39, 0.29) is 0 Å². The highest BCUT2D eigenvalue weighted by molar-refractivity contribution is 7.89. The fraction of sp³-hybridized carbons (Fsp3) is 0.235. The standard InChI is InChI=1S/C17H19N2O2S/c1-14-7-9-16(10-8-14)22(20,21)19-12-11-18(2)17-6-4-3-5-15(17)13-19/h3-10H,2,11-13H2,1H3/q+1. The van der Waals surface area contributed by atoms with Gasteiger partial charge in [-0.1, -0.05) is 35.9 Å². The third-order valence-electron chi connectivity index (χ3n) is 3.96. The summed E-state index contributed by atoms with van der Waals surface area (Å²) in [6.07, 6.45) is 0. The van der Waals surface area contributed by atoms with E-state index < -0.39 is 10.0 Å². The molecule has 0 unspecified atom stereocenters. The Labute approximate surface area is 131 Å². The fourth-order valence-electron chi connectivity index (χ4n) is 2.64. The topological polar surface area (TPSA) is 40.4 Å². The molecule has 0 aromatic heterocycles. The summed E-state index contributed by atoms with van der Waals surface area (Å²) in [6.45, 7) is 7.33. The van der Waals surface area contributed by atoms with Crippen molar-refractivity contribution in [2.24, 2.45) is 0 Å². The van der Waals surface area contributed by atoms with Gasteiger partial charge in [-0.25, -0.2) is 13.0 Å². The molecule has 0 atom stereocenters. The lowest BCUT2D eigenvalue weighted by Gasteiger charge is -2.18. The average Bonchev–Trinajstić information content (AvgIpc) is 2.68. The van der Waals surface area contributed by atoms with Gasteiger partial charge in [0.2, 0.25) is 15.7 Å². The van der Waals surface area contributed by atoms with Crippen LogP contribution in [0, 0.1) is 6.92 Å². The van der Waals surface area contributed by atoms with Crippen LogP contribution in [0.3, 0.4) is 0 Å². The van der Waals surface area contributed by atoms with Gasteiger partial charge in [0.05, 0.1) is 11.4 Å². The number of fused-ring (bicyclic) bond motifs is 1. The van der Waals surface area contributed by atoms with E-state index in [2.05, 4.69) is 6.72 Å². The Morgan fingerprint density at radius 3 is 2.50 bits per heavy atom. The van der Waals surface area contributed by atoms with Crippen LogP contribution in [0.15, 0.2) is 53.4 Å². The molecule has 4 nitrogen and oxygen atoms in total. The van der Waals surface area contributed by atoms with Crippen molar-refractivity contribution in [3.8, 4) is 0 Å². The Balaban J connectivity index is 1.99. The Morgan fingerprint density at radius 1 is 1.09 bits per heavy atom. The van der Waals surface area contributed by atoms with Gasteiger partial charge < -0.3 is 0 Å². The van der Waals surface area contributed by atoms with Crippen molar-refractivity contribution in [3.63, 3.8) is 0 Å². The van der Waals surface area contributed by atoms with Crippen LogP contribution >= 0.6 is 0 Å². The first-order valence-corrected chi connectivity index (χ1v) is 8.65. The summed E-state index contributed by atoms with van der Waals surface area (Å²) in [6, 6.07) is 14.8. The van der Waals surface area contributed by atoms with Gasteiger partial charge in [0, 0.05) is 18.2 Å². The predicted octanol–water partition coefficient (Wildman–Crippen LogP) is 2.54. The smallest absolute Gasteiger partial charge is 0.207 e. The summed E-state index contributed by atoms with van der Waals surface area (Å²) >= 11 is 0. The van der Waals surface area contributed by atoms with Crippen LogP contribution in [0.2, 0.25) is 0 Å². The molecule has 0 fully saturated rings. The molecular weight excluding hydrogens is 296 g/mol. The maximum absolute atomic E-state index is 12.9. The second kappa shape index (κ2) is 5.66. The molecular formula is C17H19N2O2S+. The van der Waals surface area contributed by atoms with Crippen molar-refractivity contribution in [1.29, 1.82) is 0 Å². The SMILES string of the molecule is C=[N+]1CCN(S(=O)(=O)c2ccc(C)cc2)Cc2ccccc21. The molecule has 0 amide bonds. The molecule has 0 N–H and O–H groups in total. The van der Waals surface area contributed by atoms with Crippen LogP contribution in [0.5, 0.6) is 0 Å². The fourth-order valence-corrected chi connectivity index (χ4v) is 4.05. The molecule has 2 aromatic rings. The number of sulfonamides is 1. The molecule has 0 bridgehead atoms. The van der Waals surface area contributed by atoms with Gasteiger partial charge in [-0.2, -0.15) is 4.31 Å². The van der Waals surface area contributed by atoms with Gasteiger partial charge >= 0.3 is 0 Å². The van der Waals surface area contributed by atoms with Crippen molar-refractivity contribution < 1.29 is 13.0 Å². The largest absolute Gasteiger partial charge is 0.243 e. The van der Waals surface area contributed by atoms with Crippen molar-refractivity contribution in [2.45, 2.75) is 18.4 Å². The maximum atomic E-state index is 12.9. The van der Waals surface area contributed by atoms with Crippen molar-refractivity contribution >= 4 is 22.4 Å². The van der Waals surface area contributed by atoms with Gasteiger partial charge in [0.25, 0.3) is 0 Å². The second-order valence-electron chi connectivity index (χ2n) is 5.54. The molecule has 2 aromatic carbocycles. The molecule has 0 aliphatic carbocycles. The van der Waals surface area contributed by atoms with Gasteiger partial charge in [-0.3, -0.25) is 0 Å². The number of aryl methyl sites for hydroxylation is 1. The van der Waals surface area contributed by atoms with Crippen LogP contribution in [0.25, 0.3) is 0 Å². The highest BCUT2D eigenvalue weighted by Crippen LogP contribution is 2.26. The van der Waals surface area contributed by atoms with Crippen molar-refractivity contribution in [2.75, 3.05) is 13.1 Å². The number of hydrogen-bond donors (Lipinski definition) is 0. The molecule has 0 saturated carbocycles. The summed E-state index contributed by atoms with van der Waals surface area (Å²) in [4.78, 5) is 0.341. The number of benzene rings is 2. The first-order valence-electron chi connectivity index (χ1n) is 7.21. The van der Waals surface area contributed by atoms with Gasteiger partial charge in [0.15, 0.2) is 6.54 Å². The molecule has 0 spiro atoms. The monoisotopic (exact) mass is 315 g/mol. The summed E-state index contributed by atoms with van der Waals surface area (Å²) < 4.78 is 29.1. The molecule has 3 rings (SSSR count). The zero-order chi connectivity index (χ0) is 15.7. The zero-order valence-corrected chi connectivity index (χ0v) is 13.4. The van der Waals surface area contributed by atoms with Crippen molar-refractivity contribution in [1.82, 2.24) is 4.31 Å². The van der Waals surface area contributed by atoms with E-state index in [1.807, 2.05) is 47.9 Å². The number of hydrogen-bond acceptors (Lipinski definition) is 2. The normalized spacial score (nSPS) is 16.1. The summed E-state index contributed by atoms with van der Waals surface area (Å²) in [5.41, 5.74) is 3.01.